The zero-order chi connectivity index (χ0) is 23.2. The highest BCUT2D eigenvalue weighted by Crippen LogP contribution is 2.28. The Morgan fingerprint density at radius 1 is 0.848 bits per heavy atom. The number of fused-ring (bicyclic) bond motifs is 2. The van der Waals surface area contributed by atoms with Gasteiger partial charge in [0.2, 0.25) is 0 Å². The molecule has 0 unspecified atom stereocenters. The summed E-state index contributed by atoms with van der Waals surface area (Å²) >= 11 is 0. The SMILES string of the molecule is COc1ccc(C(=O)NCC(=O)N/N=C/c2c3ccccc3cc3ccccc23)cc1OC. The van der Waals surface area contributed by atoms with Gasteiger partial charge in [-0.1, -0.05) is 48.5 Å². The van der Waals surface area contributed by atoms with E-state index in [1.54, 1.807) is 24.4 Å². The normalized spacial score (nSPS) is 11.0. The molecule has 0 saturated heterocycles. The van der Waals surface area contributed by atoms with Gasteiger partial charge in [-0.2, -0.15) is 5.10 Å². The van der Waals surface area contributed by atoms with E-state index in [1.807, 2.05) is 48.5 Å². The summed E-state index contributed by atoms with van der Waals surface area (Å²) < 4.78 is 10.4. The molecular weight excluding hydrogens is 418 g/mol. The molecule has 2 N–H and O–H groups in total. The minimum atomic E-state index is -0.440. The van der Waals surface area contributed by atoms with Crippen LogP contribution in [-0.4, -0.2) is 38.8 Å². The van der Waals surface area contributed by atoms with Crippen molar-refractivity contribution in [2.75, 3.05) is 20.8 Å². The van der Waals surface area contributed by atoms with Gasteiger partial charge >= 0.3 is 0 Å². The number of hydrogen-bond donors (Lipinski definition) is 2. The number of rotatable bonds is 7. The third-order valence-electron chi connectivity index (χ3n) is 5.25. The minimum Gasteiger partial charge on any atom is -0.493 e. The molecule has 7 heteroatoms. The highest BCUT2D eigenvalue weighted by molar-refractivity contribution is 6.13. The van der Waals surface area contributed by atoms with Crippen LogP contribution in [0, 0.1) is 0 Å². The average molecular weight is 441 g/mol. The van der Waals surface area contributed by atoms with Crippen molar-refractivity contribution in [3.63, 3.8) is 0 Å². The quantitative estimate of drug-likeness (QED) is 0.259. The van der Waals surface area contributed by atoms with E-state index in [2.05, 4.69) is 21.9 Å². The van der Waals surface area contributed by atoms with Crippen LogP contribution in [0.15, 0.2) is 77.9 Å². The van der Waals surface area contributed by atoms with Crippen molar-refractivity contribution in [1.82, 2.24) is 10.7 Å². The summed E-state index contributed by atoms with van der Waals surface area (Å²) in [6.07, 6.45) is 1.64. The maximum atomic E-state index is 12.4. The van der Waals surface area contributed by atoms with E-state index in [9.17, 15) is 9.59 Å². The lowest BCUT2D eigenvalue weighted by Gasteiger charge is -2.10. The first-order valence-corrected chi connectivity index (χ1v) is 10.3. The molecule has 4 aromatic carbocycles. The van der Waals surface area contributed by atoms with Gasteiger partial charge in [-0.3, -0.25) is 9.59 Å². The van der Waals surface area contributed by atoms with E-state index in [1.165, 1.54) is 14.2 Å². The minimum absolute atomic E-state index is 0.221. The molecule has 0 saturated carbocycles. The van der Waals surface area contributed by atoms with Crippen LogP contribution in [0.1, 0.15) is 15.9 Å². The van der Waals surface area contributed by atoms with Crippen LogP contribution in [0.2, 0.25) is 0 Å². The predicted molar refractivity (Wildman–Crippen MR) is 129 cm³/mol. The second-order valence-electron chi connectivity index (χ2n) is 7.28. The van der Waals surface area contributed by atoms with Gasteiger partial charge in [-0.15, -0.1) is 0 Å². The van der Waals surface area contributed by atoms with E-state index in [0.717, 1.165) is 27.1 Å². The van der Waals surface area contributed by atoms with Crippen LogP contribution >= 0.6 is 0 Å². The number of ether oxygens (including phenoxy) is 2. The molecule has 0 spiro atoms. The Morgan fingerprint density at radius 2 is 1.48 bits per heavy atom. The van der Waals surface area contributed by atoms with E-state index < -0.39 is 11.8 Å². The number of nitrogens with zero attached hydrogens (tertiary/aromatic N) is 1. The van der Waals surface area contributed by atoms with Crippen LogP contribution in [0.3, 0.4) is 0 Å². The number of nitrogens with one attached hydrogen (secondary N) is 2. The molecule has 0 aromatic heterocycles. The summed E-state index contributed by atoms with van der Waals surface area (Å²) in [6.45, 7) is -0.221. The summed E-state index contributed by atoms with van der Waals surface area (Å²) in [7, 11) is 3.01. The number of hydrogen-bond acceptors (Lipinski definition) is 5. The second kappa shape index (κ2) is 9.82. The van der Waals surface area contributed by atoms with Crippen LogP contribution in [-0.2, 0) is 4.79 Å². The molecule has 0 aliphatic heterocycles. The number of carbonyl (C=O) groups is 2. The lowest BCUT2D eigenvalue weighted by molar-refractivity contribution is -0.120. The molecule has 0 fully saturated rings. The van der Waals surface area contributed by atoms with Gasteiger partial charge in [0.15, 0.2) is 11.5 Å². The van der Waals surface area contributed by atoms with Gasteiger partial charge in [-0.05, 0) is 45.8 Å². The first-order chi connectivity index (χ1) is 16.1. The zero-order valence-corrected chi connectivity index (χ0v) is 18.3. The van der Waals surface area contributed by atoms with Crippen molar-refractivity contribution in [1.29, 1.82) is 0 Å². The Balaban J connectivity index is 1.44. The van der Waals surface area contributed by atoms with Gasteiger partial charge in [0, 0.05) is 11.1 Å². The molecule has 0 atom stereocenters. The Bertz CT molecular complexity index is 1310. The van der Waals surface area contributed by atoms with Crippen molar-refractivity contribution >= 4 is 39.6 Å². The summed E-state index contributed by atoms with van der Waals surface area (Å²) in [6, 6.07) is 23.0. The maximum absolute atomic E-state index is 12.4. The topological polar surface area (TPSA) is 89.0 Å². The van der Waals surface area contributed by atoms with E-state index >= 15 is 0 Å². The van der Waals surface area contributed by atoms with Crippen molar-refractivity contribution in [2.24, 2.45) is 5.10 Å². The molecule has 0 radical (unpaired) electrons. The lowest BCUT2D eigenvalue weighted by atomic mass is 9.97. The van der Waals surface area contributed by atoms with Crippen LogP contribution in [0.5, 0.6) is 11.5 Å². The van der Waals surface area contributed by atoms with Gasteiger partial charge in [-0.25, -0.2) is 5.43 Å². The lowest BCUT2D eigenvalue weighted by Crippen LogP contribution is -2.34. The fourth-order valence-electron chi connectivity index (χ4n) is 3.64. The van der Waals surface area contributed by atoms with E-state index in [4.69, 9.17) is 9.47 Å². The maximum Gasteiger partial charge on any atom is 0.259 e. The molecule has 0 heterocycles. The monoisotopic (exact) mass is 441 g/mol. The molecule has 33 heavy (non-hydrogen) atoms. The summed E-state index contributed by atoms with van der Waals surface area (Å²) in [5, 5.41) is 11.0. The number of methoxy groups -OCH3 is 2. The highest BCUT2D eigenvalue weighted by Gasteiger charge is 2.12. The number of hydrazone groups is 1. The average Bonchev–Trinajstić information content (AvgIpc) is 2.86. The van der Waals surface area contributed by atoms with E-state index in [0.29, 0.717) is 17.1 Å². The first kappa shape index (κ1) is 21.8. The smallest absolute Gasteiger partial charge is 0.259 e. The number of benzene rings is 4. The predicted octanol–water partition coefficient (Wildman–Crippen LogP) is 3.89. The first-order valence-electron chi connectivity index (χ1n) is 10.3. The van der Waals surface area contributed by atoms with Crippen molar-refractivity contribution in [3.05, 3.63) is 83.9 Å². The van der Waals surface area contributed by atoms with Gasteiger partial charge in [0.05, 0.1) is 27.0 Å². The van der Waals surface area contributed by atoms with Crippen LogP contribution in [0.25, 0.3) is 21.5 Å². The van der Waals surface area contributed by atoms with Crippen molar-refractivity contribution < 1.29 is 19.1 Å². The van der Waals surface area contributed by atoms with Crippen molar-refractivity contribution in [3.8, 4) is 11.5 Å². The van der Waals surface area contributed by atoms with Crippen molar-refractivity contribution in [2.45, 2.75) is 0 Å². The molecule has 4 rings (SSSR count). The molecule has 0 bridgehead atoms. The van der Waals surface area contributed by atoms with Crippen LogP contribution in [0.4, 0.5) is 0 Å². The third-order valence-corrected chi connectivity index (χ3v) is 5.25. The highest BCUT2D eigenvalue weighted by atomic mass is 16.5. The zero-order valence-electron chi connectivity index (χ0n) is 18.3. The summed E-state index contributed by atoms with van der Waals surface area (Å²) in [5.41, 5.74) is 3.75. The molecule has 0 aliphatic carbocycles. The Hall–Kier alpha value is -4.39. The number of carbonyl (C=O) groups excluding carboxylic acids is 2. The molecule has 4 aromatic rings. The molecule has 2 amide bonds. The summed E-state index contributed by atoms with van der Waals surface area (Å²) in [5.74, 6) is 0.100. The third kappa shape index (κ3) is 4.77. The van der Waals surface area contributed by atoms with Crippen LogP contribution < -0.4 is 20.2 Å². The largest absolute Gasteiger partial charge is 0.493 e. The molecule has 7 nitrogen and oxygen atoms in total. The van der Waals surface area contributed by atoms with Gasteiger partial charge < -0.3 is 14.8 Å². The van der Waals surface area contributed by atoms with E-state index in [-0.39, 0.29) is 6.54 Å². The Kier molecular flexibility index (Phi) is 6.50. The second-order valence-corrected chi connectivity index (χ2v) is 7.28. The Morgan fingerprint density at radius 3 is 2.12 bits per heavy atom. The summed E-state index contributed by atoms with van der Waals surface area (Å²) in [4.78, 5) is 24.6. The number of amides is 2. The molecule has 0 aliphatic rings. The van der Waals surface area contributed by atoms with Gasteiger partial charge in [0.1, 0.15) is 0 Å². The molecular formula is C26H23N3O4. The fourth-order valence-corrected chi connectivity index (χ4v) is 3.64. The molecule has 166 valence electrons. The van der Waals surface area contributed by atoms with Gasteiger partial charge in [0.25, 0.3) is 11.8 Å². The standard InChI is InChI=1S/C26H23N3O4/c1-32-23-12-11-19(14-24(23)33-2)26(31)27-16-25(30)29-28-15-22-20-9-5-3-7-17(20)13-18-8-4-6-10-21(18)22/h3-15H,16H2,1-2H3,(H,27,31)(H,29,30)/b28-15+. The fraction of sp³-hybridized carbons (Fsp3) is 0.115. The Labute approximate surface area is 191 Å².